The van der Waals surface area contributed by atoms with E-state index in [-0.39, 0.29) is 6.54 Å². The third kappa shape index (κ3) is 1.94. The highest BCUT2D eigenvalue weighted by molar-refractivity contribution is 14.1. The van der Waals surface area contributed by atoms with Gasteiger partial charge >= 0.3 is 5.97 Å². The molecule has 0 spiro atoms. The maximum absolute atomic E-state index is 10.1. The number of hydrogen-bond donors (Lipinski definition) is 1. The van der Waals surface area contributed by atoms with Crippen molar-refractivity contribution >= 4 is 28.6 Å². The molecule has 0 unspecified atom stereocenters. The van der Waals surface area contributed by atoms with Crippen LogP contribution in [0.3, 0.4) is 0 Å². The molecule has 6 heteroatoms. The highest BCUT2D eigenvalue weighted by atomic mass is 127. The van der Waals surface area contributed by atoms with Crippen molar-refractivity contribution in [3.8, 4) is 0 Å². The Labute approximate surface area is 70.2 Å². The largest absolute Gasteiger partial charge is 0.480 e. The maximum atomic E-state index is 10.1. The normalized spacial score (nSPS) is 9.70. The molecule has 0 aliphatic rings. The third-order valence-corrected chi connectivity index (χ3v) is 1.30. The Morgan fingerprint density at radius 3 is 3.00 bits per heavy atom. The van der Waals surface area contributed by atoms with E-state index in [9.17, 15) is 4.79 Å². The van der Waals surface area contributed by atoms with Gasteiger partial charge in [-0.1, -0.05) is 0 Å². The molecule has 0 aliphatic carbocycles. The van der Waals surface area contributed by atoms with E-state index in [1.165, 1.54) is 11.0 Å². The first kappa shape index (κ1) is 7.45. The third-order valence-electron chi connectivity index (χ3n) is 0.806. The van der Waals surface area contributed by atoms with Crippen LogP contribution in [-0.4, -0.2) is 25.8 Å². The second-order valence-corrected chi connectivity index (χ2v) is 2.57. The van der Waals surface area contributed by atoms with Gasteiger partial charge in [0.2, 0.25) is 3.83 Å². The van der Waals surface area contributed by atoms with Crippen LogP contribution in [0.2, 0.25) is 0 Å². The number of aromatic nitrogens is 3. The van der Waals surface area contributed by atoms with Gasteiger partial charge in [0.05, 0.1) is 0 Å². The molecule has 5 nitrogen and oxygen atoms in total. The summed E-state index contributed by atoms with van der Waals surface area (Å²) in [5.74, 6) is -0.915. The second-order valence-electron chi connectivity index (χ2n) is 1.60. The summed E-state index contributed by atoms with van der Waals surface area (Å²) < 4.78 is 1.82. The quantitative estimate of drug-likeness (QED) is 0.751. The molecule has 1 heterocycles. The minimum Gasteiger partial charge on any atom is -0.480 e. The van der Waals surface area contributed by atoms with Crippen molar-refractivity contribution in [3.05, 3.63) is 10.2 Å². The van der Waals surface area contributed by atoms with Crippen molar-refractivity contribution in [2.45, 2.75) is 6.54 Å². The predicted molar refractivity (Wildman–Crippen MR) is 40.4 cm³/mol. The van der Waals surface area contributed by atoms with E-state index in [0.29, 0.717) is 3.83 Å². The molecule has 0 aromatic carbocycles. The molecule has 0 saturated heterocycles. The van der Waals surface area contributed by atoms with Gasteiger partial charge in [-0.05, 0) is 0 Å². The first-order valence-corrected chi connectivity index (χ1v) is 3.53. The van der Waals surface area contributed by atoms with Crippen molar-refractivity contribution in [2.75, 3.05) is 0 Å². The lowest BCUT2D eigenvalue weighted by Crippen LogP contribution is -2.08. The first-order valence-electron chi connectivity index (χ1n) is 2.45. The number of carbonyl (C=O) groups is 1. The summed E-state index contributed by atoms with van der Waals surface area (Å²) in [5, 5.41) is 12.0. The smallest absolute Gasteiger partial charge is 0.325 e. The van der Waals surface area contributed by atoms with Crippen LogP contribution < -0.4 is 0 Å². The second kappa shape index (κ2) is 2.95. The number of aliphatic carboxylic acids is 1. The van der Waals surface area contributed by atoms with Gasteiger partial charge in [-0.2, -0.15) is 0 Å². The Kier molecular flexibility index (Phi) is 2.20. The zero-order valence-electron chi connectivity index (χ0n) is 4.86. The van der Waals surface area contributed by atoms with Gasteiger partial charge in [0, 0.05) is 22.6 Å². The Morgan fingerprint density at radius 2 is 2.60 bits per heavy atom. The van der Waals surface area contributed by atoms with E-state index in [4.69, 9.17) is 5.11 Å². The fourth-order valence-electron chi connectivity index (χ4n) is 0.487. The molecule has 0 fully saturated rings. The molecule has 0 aliphatic heterocycles. The van der Waals surface area contributed by atoms with E-state index in [2.05, 4.69) is 10.1 Å². The topological polar surface area (TPSA) is 68.0 Å². The number of carboxylic acids is 1. The Bertz CT molecular complexity index is 246. The molecule has 1 aromatic rings. The summed E-state index contributed by atoms with van der Waals surface area (Å²) in [4.78, 5) is 13.8. The molecule has 0 atom stereocenters. The number of halogens is 1. The summed E-state index contributed by atoms with van der Waals surface area (Å²) in [7, 11) is 0. The zero-order valence-corrected chi connectivity index (χ0v) is 7.02. The summed E-state index contributed by atoms with van der Waals surface area (Å²) in [6.07, 6.45) is 1.38. The van der Waals surface area contributed by atoms with Crippen molar-refractivity contribution in [2.24, 2.45) is 0 Å². The molecule has 1 aromatic heterocycles. The Balaban J connectivity index is 2.67. The fraction of sp³-hybridized carbons (Fsp3) is 0.250. The minimum absolute atomic E-state index is 0.129. The van der Waals surface area contributed by atoms with Crippen LogP contribution in [0, 0.1) is 3.83 Å². The lowest BCUT2D eigenvalue weighted by atomic mass is 10.7. The predicted octanol–water partition coefficient (Wildman–Crippen LogP) is -0.0327. The van der Waals surface area contributed by atoms with E-state index < -0.39 is 5.97 Å². The molecule has 54 valence electrons. The fourth-order valence-corrected chi connectivity index (χ4v) is 0.888. The summed E-state index contributed by atoms with van der Waals surface area (Å²) in [5.41, 5.74) is 0. The van der Waals surface area contributed by atoms with Crippen molar-refractivity contribution in [3.63, 3.8) is 0 Å². The summed E-state index contributed by atoms with van der Waals surface area (Å²) >= 11 is 1.91. The molecule has 0 bridgehead atoms. The summed E-state index contributed by atoms with van der Waals surface area (Å²) in [6, 6.07) is 0. The van der Waals surface area contributed by atoms with E-state index >= 15 is 0 Å². The van der Waals surface area contributed by atoms with Crippen molar-refractivity contribution in [1.82, 2.24) is 14.8 Å². The van der Waals surface area contributed by atoms with Gasteiger partial charge in [0.1, 0.15) is 12.9 Å². The Hall–Kier alpha value is -0.660. The highest BCUT2D eigenvalue weighted by Crippen LogP contribution is 1.92. The van der Waals surface area contributed by atoms with Gasteiger partial charge in [-0.15, -0.1) is 5.10 Å². The highest BCUT2D eigenvalue weighted by Gasteiger charge is 2.00. The van der Waals surface area contributed by atoms with Crippen LogP contribution >= 0.6 is 22.6 Å². The van der Waals surface area contributed by atoms with Crippen molar-refractivity contribution < 1.29 is 9.90 Å². The molecule has 0 saturated carbocycles. The maximum Gasteiger partial charge on any atom is 0.325 e. The molecule has 10 heavy (non-hydrogen) atoms. The molecule has 0 amide bonds. The lowest BCUT2D eigenvalue weighted by molar-refractivity contribution is -0.137. The average Bonchev–Trinajstić information content (AvgIpc) is 2.13. The molecular weight excluding hydrogens is 249 g/mol. The van der Waals surface area contributed by atoms with Crippen LogP contribution in [0.5, 0.6) is 0 Å². The van der Waals surface area contributed by atoms with Gasteiger partial charge in [0.15, 0.2) is 0 Å². The SMILES string of the molecule is O=C(O)Cn1cnc(I)n1. The van der Waals surface area contributed by atoms with E-state index in [1.807, 2.05) is 22.6 Å². The van der Waals surface area contributed by atoms with E-state index in [0.717, 1.165) is 0 Å². The number of carboxylic acid groups (broad SMARTS) is 1. The van der Waals surface area contributed by atoms with Crippen LogP contribution in [-0.2, 0) is 11.3 Å². The molecular formula is C4H4IN3O2. The monoisotopic (exact) mass is 253 g/mol. The van der Waals surface area contributed by atoms with Crippen LogP contribution in [0.1, 0.15) is 0 Å². The standard InChI is InChI=1S/C4H4IN3O2/c5-4-6-2-8(7-4)1-3(9)10/h2H,1H2,(H,9,10). The van der Waals surface area contributed by atoms with Crippen LogP contribution in [0.4, 0.5) is 0 Å². The van der Waals surface area contributed by atoms with E-state index in [1.54, 1.807) is 0 Å². The van der Waals surface area contributed by atoms with Gasteiger partial charge in [-0.25, -0.2) is 9.67 Å². The number of rotatable bonds is 2. The zero-order chi connectivity index (χ0) is 7.56. The molecule has 1 rings (SSSR count). The minimum atomic E-state index is -0.915. The van der Waals surface area contributed by atoms with Crippen molar-refractivity contribution in [1.29, 1.82) is 0 Å². The first-order chi connectivity index (χ1) is 4.68. The Morgan fingerprint density at radius 1 is 1.90 bits per heavy atom. The van der Waals surface area contributed by atoms with Crippen LogP contribution in [0.15, 0.2) is 6.33 Å². The number of nitrogens with zero attached hydrogens (tertiary/aromatic N) is 3. The molecule has 1 N–H and O–H groups in total. The average molecular weight is 253 g/mol. The van der Waals surface area contributed by atoms with Gasteiger partial charge < -0.3 is 5.11 Å². The van der Waals surface area contributed by atoms with Crippen LogP contribution in [0.25, 0.3) is 0 Å². The molecule has 0 radical (unpaired) electrons. The number of hydrogen-bond acceptors (Lipinski definition) is 3. The van der Waals surface area contributed by atoms with Gasteiger partial charge in [-0.3, -0.25) is 4.79 Å². The lowest BCUT2D eigenvalue weighted by Gasteiger charge is -1.90. The summed E-state index contributed by atoms with van der Waals surface area (Å²) in [6.45, 7) is -0.129. The van der Waals surface area contributed by atoms with Gasteiger partial charge in [0.25, 0.3) is 0 Å².